The number of rotatable bonds is 6. The van der Waals surface area contributed by atoms with Crippen LogP contribution >= 0.6 is 31.9 Å². The molecule has 1 aliphatic rings. The molecule has 32 heavy (non-hydrogen) atoms. The Balaban J connectivity index is 1.82. The Morgan fingerprint density at radius 2 is 1.97 bits per heavy atom. The molecule has 1 saturated carbocycles. The first kappa shape index (κ1) is 23.0. The average Bonchev–Trinajstić information content (AvgIpc) is 2.80. The Morgan fingerprint density at radius 3 is 2.69 bits per heavy atom. The van der Waals surface area contributed by atoms with Crippen LogP contribution in [0, 0.1) is 0 Å². The molecule has 8 heteroatoms. The van der Waals surface area contributed by atoms with Crippen molar-refractivity contribution in [2.45, 2.75) is 44.9 Å². The summed E-state index contributed by atoms with van der Waals surface area (Å²) in [5.74, 6) is 2.20. The van der Waals surface area contributed by atoms with Crippen molar-refractivity contribution in [1.82, 2.24) is 9.66 Å². The van der Waals surface area contributed by atoms with Crippen LogP contribution < -0.4 is 15.0 Å². The summed E-state index contributed by atoms with van der Waals surface area (Å²) >= 11 is 7.01. The maximum atomic E-state index is 13.4. The molecule has 0 radical (unpaired) electrons. The third kappa shape index (κ3) is 4.76. The van der Waals surface area contributed by atoms with Gasteiger partial charge in [-0.25, -0.2) is 4.98 Å². The Hall–Kier alpha value is -2.19. The first-order valence-electron chi connectivity index (χ1n) is 10.8. The Kier molecular flexibility index (Phi) is 7.30. The number of benzene rings is 2. The molecule has 0 N–H and O–H groups in total. The van der Waals surface area contributed by atoms with Gasteiger partial charge in [0.05, 0.1) is 35.3 Å². The molecule has 6 nitrogen and oxygen atoms in total. The van der Waals surface area contributed by atoms with Crippen molar-refractivity contribution >= 4 is 49.0 Å². The van der Waals surface area contributed by atoms with Crippen molar-refractivity contribution in [2.24, 2.45) is 5.10 Å². The monoisotopic (exact) mass is 561 g/mol. The highest BCUT2D eigenvalue weighted by Gasteiger charge is 2.22. The highest BCUT2D eigenvalue weighted by Crippen LogP contribution is 2.36. The largest absolute Gasteiger partial charge is 0.493 e. The van der Waals surface area contributed by atoms with E-state index in [1.165, 1.54) is 11.1 Å². The molecule has 0 atom stereocenters. The number of methoxy groups -OCH3 is 1. The van der Waals surface area contributed by atoms with E-state index >= 15 is 0 Å². The summed E-state index contributed by atoms with van der Waals surface area (Å²) in [5.41, 5.74) is 1.33. The van der Waals surface area contributed by atoms with Gasteiger partial charge in [-0.2, -0.15) is 9.78 Å². The second-order valence-corrected chi connectivity index (χ2v) is 9.57. The lowest BCUT2D eigenvalue weighted by Crippen LogP contribution is -2.25. The molecule has 1 aliphatic carbocycles. The first-order valence-corrected chi connectivity index (χ1v) is 12.4. The molecule has 0 unspecified atom stereocenters. The number of halogens is 2. The molecule has 168 valence electrons. The normalized spacial score (nSPS) is 14.9. The van der Waals surface area contributed by atoms with Gasteiger partial charge in [-0.1, -0.05) is 35.2 Å². The van der Waals surface area contributed by atoms with Gasteiger partial charge in [0.2, 0.25) is 0 Å². The maximum absolute atomic E-state index is 13.4. The molecule has 0 saturated heterocycles. The molecule has 1 heterocycles. The molecule has 0 amide bonds. The van der Waals surface area contributed by atoms with Crippen molar-refractivity contribution in [2.75, 3.05) is 13.7 Å². The van der Waals surface area contributed by atoms with Gasteiger partial charge in [0.15, 0.2) is 11.5 Å². The van der Waals surface area contributed by atoms with Crippen LogP contribution in [0.25, 0.3) is 10.9 Å². The number of fused-ring (bicyclic) bond motifs is 1. The van der Waals surface area contributed by atoms with Gasteiger partial charge in [-0.05, 0) is 71.6 Å². The summed E-state index contributed by atoms with van der Waals surface area (Å²) < 4.78 is 14.2. The van der Waals surface area contributed by atoms with Gasteiger partial charge in [0, 0.05) is 10.4 Å². The van der Waals surface area contributed by atoms with Gasteiger partial charge in [0.1, 0.15) is 5.82 Å². The van der Waals surface area contributed by atoms with E-state index in [2.05, 4.69) is 37.0 Å². The summed E-state index contributed by atoms with van der Waals surface area (Å²) in [6.07, 6.45) is 7.23. The second-order valence-electron chi connectivity index (χ2n) is 7.80. The smallest absolute Gasteiger partial charge is 0.282 e. The summed E-state index contributed by atoms with van der Waals surface area (Å²) in [4.78, 5) is 18.3. The highest BCUT2D eigenvalue weighted by atomic mass is 79.9. The topological polar surface area (TPSA) is 65.7 Å². The lowest BCUT2D eigenvalue weighted by Gasteiger charge is -2.22. The van der Waals surface area contributed by atoms with Crippen LogP contribution in [0.5, 0.6) is 11.5 Å². The fourth-order valence-corrected chi connectivity index (χ4v) is 5.06. The average molecular weight is 563 g/mol. The molecule has 0 spiro atoms. The van der Waals surface area contributed by atoms with E-state index < -0.39 is 0 Å². The zero-order valence-electron chi connectivity index (χ0n) is 18.1. The van der Waals surface area contributed by atoms with E-state index in [9.17, 15) is 4.79 Å². The minimum atomic E-state index is -0.162. The Bertz CT molecular complexity index is 1220. The van der Waals surface area contributed by atoms with Crippen LogP contribution in [-0.4, -0.2) is 29.6 Å². The van der Waals surface area contributed by atoms with Crippen LogP contribution in [0.15, 0.2) is 49.2 Å². The van der Waals surface area contributed by atoms with Crippen molar-refractivity contribution in [3.63, 3.8) is 0 Å². The predicted molar refractivity (Wildman–Crippen MR) is 134 cm³/mol. The quantitative estimate of drug-likeness (QED) is 0.333. The van der Waals surface area contributed by atoms with Gasteiger partial charge >= 0.3 is 0 Å². The molecule has 1 fully saturated rings. The molecule has 1 aromatic heterocycles. The standard InChI is InChI=1S/C24H25Br2N3O3/c1-3-32-22-19(26)11-15(12-21(22)31-2)14-27-29-23(16-7-5-4-6-8-16)28-20-10-9-17(25)13-18(20)24(29)30/h9-14,16H,3-8H2,1-2H3. The van der Waals surface area contributed by atoms with E-state index in [0.717, 1.165) is 46.0 Å². The number of hydrogen-bond donors (Lipinski definition) is 0. The van der Waals surface area contributed by atoms with Gasteiger partial charge in [0.25, 0.3) is 5.56 Å². The van der Waals surface area contributed by atoms with Gasteiger partial charge in [-0.3, -0.25) is 4.79 Å². The highest BCUT2D eigenvalue weighted by molar-refractivity contribution is 9.10. The van der Waals surface area contributed by atoms with Crippen molar-refractivity contribution in [3.8, 4) is 11.5 Å². The zero-order valence-corrected chi connectivity index (χ0v) is 21.3. The lowest BCUT2D eigenvalue weighted by molar-refractivity contribution is 0.309. The third-order valence-corrected chi connectivity index (χ3v) is 6.75. The molecular weight excluding hydrogens is 538 g/mol. The van der Waals surface area contributed by atoms with Crippen LogP contribution in [0.1, 0.15) is 56.3 Å². The van der Waals surface area contributed by atoms with E-state index in [-0.39, 0.29) is 11.5 Å². The summed E-state index contributed by atoms with van der Waals surface area (Å²) in [7, 11) is 1.60. The molecule has 0 bridgehead atoms. The molecule has 4 rings (SSSR count). The van der Waals surface area contributed by atoms with Crippen molar-refractivity contribution in [3.05, 3.63) is 61.0 Å². The predicted octanol–water partition coefficient (Wildman–Crippen LogP) is 6.26. The summed E-state index contributed by atoms with van der Waals surface area (Å²) in [6, 6.07) is 9.34. The maximum Gasteiger partial charge on any atom is 0.282 e. The van der Waals surface area contributed by atoms with E-state index in [1.54, 1.807) is 19.4 Å². The van der Waals surface area contributed by atoms with Crippen molar-refractivity contribution < 1.29 is 9.47 Å². The van der Waals surface area contributed by atoms with Gasteiger partial charge in [-0.15, -0.1) is 0 Å². The van der Waals surface area contributed by atoms with Crippen molar-refractivity contribution in [1.29, 1.82) is 0 Å². The number of nitrogens with zero attached hydrogens (tertiary/aromatic N) is 3. The van der Waals surface area contributed by atoms with Crippen LogP contribution in [-0.2, 0) is 0 Å². The fourth-order valence-electron chi connectivity index (χ4n) is 4.13. The van der Waals surface area contributed by atoms with E-state index in [1.807, 2.05) is 31.2 Å². The Labute approximate surface area is 203 Å². The molecule has 2 aromatic carbocycles. The summed E-state index contributed by atoms with van der Waals surface area (Å²) in [5, 5.41) is 5.15. The first-order chi connectivity index (χ1) is 15.5. The van der Waals surface area contributed by atoms with Crippen LogP contribution in [0.2, 0.25) is 0 Å². The molecular formula is C24H25Br2N3O3. The number of aromatic nitrogens is 2. The Morgan fingerprint density at radius 1 is 1.19 bits per heavy atom. The summed E-state index contributed by atoms with van der Waals surface area (Å²) in [6.45, 7) is 2.45. The minimum absolute atomic E-state index is 0.162. The SMILES string of the molecule is CCOc1c(Br)cc(C=Nn2c(C3CCCCC3)nc3ccc(Br)cc3c2=O)cc1OC. The second kappa shape index (κ2) is 10.2. The van der Waals surface area contributed by atoms with Crippen LogP contribution in [0.4, 0.5) is 0 Å². The fraction of sp³-hybridized carbons (Fsp3) is 0.375. The van der Waals surface area contributed by atoms with Gasteiger partial charge < -0.3 is 9.47 Å². The zero-order chi connectivity index (χ0) is 22.7. The van der Waals surface area contributed by atoms with E-state index in [0.29, 0.717) is 29.0 Å². The van der Waals surface area contributed by atoms with Crippen LogP contribution in [0.3, 0.4) is 0 Å². The number of ether oxygens (including phenoxy) is 2. The lowest BCUT2D eigenvalue weighted by atomic mass is 9.88. The third-order valence-electron chi connectivity index (χ3n) is 5.67. The minimum Gasteiger partial charge on any atom is -0.493 e. The van der Waals surface area contributed by atoms with E-state index in [4.69, 9.17) is 14.5 Å². The molecule has 0 aliphatic heterocycles. The number of hydrogen-bond acceptors (Lipinski definition) is 5. The molecule has 3 aromatic rings.